The van der Waals surface area contributed by atoms with E-state index in [0.29, 0.717) is 0 Å². The molecule has 0 saturated carbocycles. The Morgan fingerprint density at radius 3 is 1.63 bits per heavy atom. The average Bonchev–Trinajstić information content (AvgIpc) is 3.09. The third-order valence-electron chi connectivity index (χ3n) is 2.32. The molecule has 19 heavy (non-hydrogen) atoms. The van der Waals surface area contributed by atoms with Gasteiger partial charge in [0.2, 0.25) is 0 Å². The van der Waals surface area contributed by atoms with Gasteiger partial charge in [0.05, 0.1) is 23.7 Å². The number of rotatable bonds is 4. The summed E-state index contributed by atoms with van der Waals surface area (Å²) in [6.45, 7) is 7.00. The smallest absolute Gasteiger partial charge is 0.349 e. The summed E-state index contributed by atoms with van der Waals surface area (Å²) in [6, 6.07) is 6.26. The van der Waals surface area contributed by atoms with Crippen molar-refractivity contribution < 1.29 is 23.2 Å². The molecule has 0 aliphatic heterocycles. The quantitative estimate of drug-likeness (QED) is 0.479. The maximum Gasteiger partial charge on any atom is 0.349 e. The summed E-state index contributed by atoms with van der Waals surface area (Å²) in [5.41, 5.74) is -0.101. The molecule has 0 spiro atoms. The van der Waals surface area contributed by atoms with E-state index in [2.05, 4.69) is 17.9 Å². The highest BCUT2D eigenvalue weighted by Gasteiger charge is 2.21. The molecule has 5 heteroatoms. The average molecular weight is 258 g/mol. The molecule has 0 atom stereocenters. The van der Waals surface area contributed by atoms with Crippen LogP contribution in [0.25, 0.3) is 11.1 Å². The lowest BCUT2D eigenvalue weighted by Gasteiger charge is -2.04. The number of ether oxygens (including phenoxy) is 1. The summed E-state index contributed by atoms with van der Waals surface area (Å²) < 4.78 is 14.6. The van der Waals surface area contributed by atoms with Crippen LogP contribution in [-0.4, -0.2) is 11.9 Å². The van der Waals surface area contributed by atoms with Gasteiger partial charge in [-0.05, 0) is 24.3 Å². The molecule has 5 nitrogen and oxygen atoms in total. The second-order valence-electron chi connectivity index (χ2n) is 3.59. The van der Waals surface area contributed by atoms with Crippen LogP contribution >= 0.6 is 0 Å². The third-order valence-corrected chi connectivity index (χ3v) is 2.32. The van der Waals surface area contributed by atoms with Gasteiger partial charge >= 0.3 is 11.9 Å². The van der Waals surface area contributed by atoms with Crippen molar-refractivity contribution in [2.24, 2.45) is 0 Å². The Morgan fingerprint density at radius 2 is 1.32 bits per heavy atom. The van der Waals surface area contributed by atoms with Crippen molar-refractivity contribution >= 4 is 23.1 Å². The highest BCUT2D eigenvalue weighted by atomic mass is 16.6. The fourth-order valence-electron chi connectivity index (χ4n) is 1.31. The van der Waals surface area contributed by atoms with Gasteiger partial charge in [-0.1, -0.05) is 13.2 Å². The van der Waals surface area contributed by atoms with Crippen molar-refractivity contribution in [3.63, 3.8) is 0 Å². The molecule has 0 radical (unpaired) electrons. The Bertz CT molecular complexity index is 561. The van der Waals surface area contributed by atoms with E-state index < -0.39 is 11.9 Å². The summed E-state index contributed by atoms with van der Waals surface area (Å²) >= 11 is 0. The standard InChI is InChI=1S/C14H10O5/c1-9(11-5-3-7-17-11)13(15)19-14(16)10(2)12-6-4-8-18-12/h3-8H,1-2H2. The number of carbonyl (C=O) groups excluding carboxylic acids is 2. The first-order valence-electron chi connectivity index (χ1n) is 5.31. The zero-order chi connectivity index (χ0) is 13.8. The van der Waals surface area contributed by atoms with E-state index in [1.54, 1.807) is 12.1 Å². The maximum atomic E-state index is 11.7. The molecule has 0 aliphatic rings. The Morgan fingerprint density at radius 1 is 0.895 bits per heavy atom. The van der Waals surface area contributed by atoms with E-state index in [9.17, 15) is 9.59 Å². The van der Waals surface area contributed by atoms with Crippen molar-refractivity contribution in [1.29, 1.82) is 0 Å². The van der Waals surface area contributed by atoms with Crippen molar-refractivity contribution in [2.45, 2.75) is 0 Å². The molecule has 0 unspecified atom stereocenters. The largest absolute Gasteiger partial charge is 0.464 e. The van der Waals surface area contributed by atoms with Gasteiger partial charge in [0.15, 0.2) is 0 Å². The molecule has 0 aromatic carbocycles. The van der Waals surface area contributed by atoms with E-state index in [-0.39, 0.29) is 22.7 Å². The second kappa shape index (κ2) is 5.22. The first kappa shape index (κ1) is 12.6. The molecule has 0 fully saturated rings. The molecule has 0 amide bonds. The summed E-state index contributed by atoms with van der Waals surface area (Å²) in [4.78, 5) is 23.3. The molecule has 0 saturated heterocycles. The molecule has 0 bridgehead atoms. The molecular weight excluding hydrogens is 248 g/mol. The minimum atomic E-state index is -0.896. The molecule has 0 N–H and O–H groups in total. The van der Waals surface area contributed by atoms with Crippen LogP contribution in [0, 0.1) is 0 Å². The minimum Gasteiger partial charge on any atom is -0.464 e. The van der Waals surface area contributed by atoms with Gasteiger partial charge in [0.1, 0.15) is 11.5 Å². The van der Waals surface area contributed by atoms with Gasteiger partial charge < -0.3 is 13.6 Å². The van der Waals surface area contributed by atoms with Crippen LogP contribution in [-0.2, 0) is 14.3 Å². The first-order valence-corrected chi connectivity index (χ1v) is 5.31. The fraction of sp³-hybridized carbons (Fsp3) is 0. The van der Waals surface area contributed by atoms with Gasteiger partial charge in [-0.25, -0.2) is 9.59 Å². The third kappa shape index (κ3) is 2.71. The highest BCUT2D eigenvalue weighted by molar-refractivity contribution is 6.24. The van der Waals surface area contributed by atoms with E-state index in [4.69, 9.17) is 8.83 Å². The van der Waals surface area contributed by atoms with Crippen LogP contribution in [0.3, 0.4) is 0 Å². The topological polar surface area (TPSA) is 69.7 Å². The molecule has 2 aromatic rings. The summed E-state index contributed by atoms with van der Waals surface area (Å²) in [7, 11) is 0. The molecule has 0 aliphatic carbocycles. The van der Waals surface area contributed by atoms with Gasteiger partial charge in [0, 0.05) is 0 Å². The summed E-state index contributed by atoms with van der Waals surface area (Å²) in [5, 5.41) is 0. The van der Waals surface area contributed by atoms with E-state index in [0.717, 1.165) is 0 Å². The van der Waals surface area contributed by atoms with Crippen molar-refractivity contribution in [3.8, 4) is 0 Å². The van der Waals surface area contributed by atoms with Crippen LogP contribution < -0.4 is 0 Å². The van der Waals surface area contributed by atoms with Crippen molar-refractivity contribution in [1.82, 2.24) is 0 Å². The van der Waals surface area contributed by atoms with Gasteiger partial charge in [-0.3, -0.25) is 0 Å². The monoisotopic (exact) mass is 258 g/mol. The molecule has 96 valence electrons. The first-order chi connectivity index (χ1) is 9.09. The van der Waals surface area contributed by atoms with Gasteiger partial charge in [0.25, 0.3) is 0 Å². The van der Waals surface area contributed by atoms with Crippen LogP contribution in [0.4, 0.5) is 0 Å². The Balaban J connectivity index is 2.01. The summed E-state index contributed by atoms with van der Waals surface area (Å²) in [6.07, 6.45) is 2.77. The highest BCUT2D eigenvalue weighted by Crippen LogP contribution is 2.18. The lowest BCUT2D eigenvalue weighted by molar-refractivity contribution is -0.151. The zero-order valence-corrected chi connectivity index (χ0v) is 9.92. The minimum absolute atomic E-state index is 0.0504. The lowest BCUT2D eigenvalue weighted by atomic mass is 10.2. The predicted molar refractivity (Wildman–Crippen MR) is 66.6 cm³/mol. The van der Waals surface area contributed by atoms with E-state index in [1.807, 2.05) is 0 Å². The van der Waals surface area contributed by atoms with Crippen LogP contribution in [0.2, 0.25) is 0 Å². The number of carbonyl (C=O) groups is 2. The van der Waals surface area contributed by atoms with E-state index in [1.165, 1.54) is 24.7 Å². The Hall–Kier alpha value is -2.82. The lowest BCUT2D eigenvalue weighted by Crippen LogP contribution is -2.13. The van der Waals surface area contributed by atoms with Crippen molar-refractivity contribution in [2.75, 3.05) is 0 Å². The SMILES string of the molecule is C=C(C(=O)OC(=O)C(=C)c1ccco1)c1ccco1. The number of hydrogen-bond acceptors (Lipinski definition) is 5. The number of furan rings is 2. The maximum absolute atomic E-state index is 11.7. The number of esters is 2. The zero-order valence-electron chi connectivity index (χ0n) is 9.92. The van der Waals surface area contributed by atoms with Crippen LogP contribution in [0.1, 0.15) is 11.5 Å². The molecule has 2 heterocycles. The fourth-order valence-corrected chi connectivity index (χ4v) is 1.31. The normalized spacial score (nSPS) is 9.89. The van der Waals surface area contributed by atoms with Gasteiger partial charge in [-0.2, -0.15) is 0 Å². The Labute approximate surface area is 108 Å². The summed E-state index contributed by atoms with van der Waals surface area (Å²) in [5.74, 6) is -1.32. The van der Waals surface area contributed by atoms with Gasteiger partial charge in [-0.15, -0.1) is 0 Å². The van der Waals surface area contributed by atoms with Crippen molar-refractivity contribution in [3.05, 3.63) is 61.5 Å². The number of hydrogen-bond donors (Lipinski definition) is 0. The van der Waals surface area contributed by atoms with Crippen LogP contribution in [0.5, 0.6) is 0 Å². The second-order valence-corrected chi connectivity index (χ2v) is 3.59. The molecule has 2 aromatic heterocycles. The van der Waals surface area contributed by atoms with Crippen LogP contribution in [0.15, 0.2) is 58.8 Å². The van der Waals surface area contributed by atoms with E-state index >= 15 is 0 Å². The molecule has 2 rings (SSSR count). The Kier molecular flexibility index (Phi) is 3.47. The predicted octanol–water partition coefficient (Wildman–Crippen LogP) is 2.67. The molecular formula is C14H10O5.